The maximum absolute atomic E-state index is 13.6. The first kappa shape index (κ1) is 31.4. The Morgan fingerprint density at radius 3 is 2.47 bits per heavy atom. The van der Waals surface area contributed by atoms with E-state index < -0.39 is 10.0 Å². The molecule has 5 rings (SSSR count). The van der Waals surface area contributed by atoms with Gasteiger partial charge < -0.3 is 20.4 Å². The molecule has 2 aliphatic heterocycles. The van der Waals surface area contributed by atoms with E-state index in [9.17, 15) is 13.2 Å². The first-order chi connectivity index (χ1) is 20.8. The van der Waals surface area contributed by atoms with Crippen molar-refractivity contribution in [3.05, 3.63) is 53.4 Å². The first-order valence-electron chi connectivity index (χ1n) is 15.2. The van der Waals surface area contributed by atoms with Crippen LogP contribution in [0, 0.1) is 0 Å². The molecule has 3 N–H and O–H groups in total. The topological polar surface area (TPSA) is 110 Å². The van der Waals surface area contributed by atoms with Crippen LogP contribution >= 0.6 is 11.3 Å². The molecule has 1 aromatic heterocycles. The van der Waals surface area contributed by atoms with Gasteiger partial charge in [0.05, 0.1) is 28.5 Å². The zero-order valence-corrected chi connectivity index (χ0v) is 26.8. The third-order valence-electron chi connectivity index (χ3n) is 8.01. The molecule has 2 aromatic carbocycles. The van der Waals surface area contributed by atoms with Crippen LogP contribution in [0.25, 0.3) is 11.3 Å². The van der Waals surface area contributed by atoms with Crippen molar-refractivity contribution in [3.8, 4) is 11.3 Å². The molecule has 1 amide bonds. The van der Waals surface area contributed by atoms with Crippen LogP contribution in [0.5, 0.6) is 0 Å². The van der Waals surface area contributed by atoms with Gasteiger partial charge in [0.1, 0.15) is 0 Å². The Hall–Kier alpha value is -3.03. The van der Waals surface area contributed by atoms with Crippen molar-refractivity contribution in [1.82, 2.24) is 20.1 Å². The quantitative estimate of drug-likeness (QED) is 0.260. The van der Waals surface area contributed by atoms with Crippen LogP contribution < -0.4 is 20.3 Å². The predicted molar refractivity (Wildman–Crippen MR) is 176 cm³/mol. The van der Waals surface area contributed by atoms with E-state index in [0.29, 0.717) is 23.1 Å². The summed E-state index contributed by atoms with van der Waals surface area (Å²) in [6.07, 6.45) is 4.36. The van der Waals surface area contributed by atoms with Gasteiger partial charge in [0.25, 0.3) is 10.0 Å². The zero-order valence-electron chi connectivity index (χ0n) is 25.1. The van der Waals surface area contributed by atoms with Gasteiger partial charge in [-0.05, 0) is 49.7 Å². The number of unbranched alkanes of at least 4 members (excludes halogenated alkanes) is 2. The molecule has 0 atom stereocenters. The van der Waals surface area contributed by atoms with Crippen molar-refractivity contribution >= 4 is 43.8 Å². The highest BCUT2D eigenvalue weighted by Crippen LogP contribution is 2.35. The first-order valence-corrected chi connectivity index (χ1v) is 17.5. The van der Waals surface area contributed by atoms with Crippen molar-refractivity contribution in [2.24, 2.45) is 0 Å². The van der Waals surface area contributed by atoms with E-state index in [1.807, 2.05) is 35.7 Å². The van der Waals surface area contributed by atoms with E-state index >= 15 is 0 Å². The van der Waals surface area contributed by atoms with Crippen LogP contribution in [0.4, 0.5) is 16.5 Å². The van der Waals surface area contributed by atoms with Gasteiger partial charge in [0, 0.05) is 63.3 Å². The molecule has 0 spiro atoms. The average molecular weight is 626 g/mol. The Labute approximate surface area is 259 Å². The minimum atomic E-state index is -3.82. The van der Waals surface area contributed by atoms with Crippen LogP contribution in [-0.2, 0) is 21.2 Å². The summed E-state index contributed by atoms with van der Waals surface area (Å²) >= 11 is 1.36. The highest BCUT2D eigenvalue weighted by atomic mass is 32.2. The molecule has 43 heavy (non-hydrogen) atoms. The number of aryl methyl sites for hydroxylation is 1. The van der Waals surface area contributed by atoms with Gasteiger partial charge in [-0.3, -0.25) is 14.4 Å². The minimum absolute atomic E-state index is 0.0851. The van der Waals surface area contributed by atoms with Gasteiger partial charge in [-0.25, -0.2) is 13.4 Å². The maximum atomic E-state index is 13.6. The number of likely N-dealkylation sites (N-methyl/N-ethyl adjacent to an activating group) is 1. The fraction of sp³-hybridized carbons (Fsp3) is 0.484. The van der Waals surface area contributed by atoms with E-state index in [1.165, 1.54) is 11.3 Å². The Kier molecular flexibility index (Phi) is 10.7. The Balaban J connectivity index is 1.35. The lowest BCUT2D eigenvalue weighted by atomic mass is 10.1. The van der Waals surface area contributed by atoms with Gasteiger partial charge >= 0.3 is 0 Å². The molecule has 232 valence electrons. The Bertz CT molecular complexity index is 1460. The maximum Gasteiger partial charge on any atom is 0.261 e. The van der Waals surface area contributed by atoms with Gasteiger partial charge in [-0.15, -0.1) is 11.3 Å². The third-order valence-corrected chi connectivity index (χ3v) is 10.1. The lowest BCUT2D eigenvalue weighted by Crippen LogP contribution is -2.46. The molecule has 2 fully saturated rings. The normalized spacial score (nSPS) is 16.7. The molecule has 10 nitrogen and oxygen atoms in total. The molecule has 0 bridgehead atoms. The number of benzene rings is 2. The van der Waals surface area contributed by atoms with Crippen molar-refractivity contribution in [3.63, 3.8) is 0 Å². The Morgan fingerprint density at radius 2 is 1.74 bits per heavy atom. The molecule has 2 aliphatic rings. The van der Waals surface area contributed by atoms with E-state index in [4.69, 9.17) is 0 Å². The monoisotopic (exact) mass is 625 g/mol. The molecule has 0 unspecified atom stereocenters. The molecule has 12 heteroatoms. The number of aromatic nitrogens is 1. The molecular weight excluding hydrogens is 583 g/mol. The highest BCUT2D eigenvalue weighted by molar-refractivity contribution is 7.92. The summed E-state index contributed by atoms with van der Waals surface area (Å²) in [5.74, 6) is -0.0851. The lowest BCUT2D eigenvalue weighted by Gasteiger charge is -2.35. The summed E-state index contributed by atoms with van der Waals surface area (Å²) in [7, 11) is -1.73. The third kappa shape index (κ3) is 8.54. The second-order valence-electron chi connectivity index (χ2n) is 11.3. The number of nitrogens with zero attached hydrogens (tertiary/aromatic N) is 4. The van der Waals surface area contributed by atoms with Crippen LogP contribution in [0.2, 0.25) is 0 Å². The minimum Gasteiger partial charge on any atom is -0.367 e. The molecule has 0 saturated carbocycles. The van der Waals surface area contributed by atoms with Crippen LogP contribution in [-0.4, -0.2) is 95.1 Å². The number of anilines is 3. The van der Waals surface area contributed by atoms with E-state index in [0.717, 1.165) is 94.9 Å². The number of rotatable bonds is 12. The predicted octanol–water partition coefficient (Wildman–Crippen LogP) is 3.94. The van der Waals surface area contributed by atoms with Gasteiger partial charge in [-0.1, -0.05) is 38.0 Å². The number of amides is 1. The SMILES string of the molecule is CCCCCc1ccc(S(=O)(=O)Nc2cc(-c3csc(NC(=O)CN4CCNCC4)n3)ccc2N2CCN(C)CC2)cc1. The van der Waals surface area contributed by atoms with Gasteiger partial charge in [-0.2, -0.15) is 0 Å². The number of carbonyl (C=O) groups excluding carboxylic acids is 1. The Morgan fingerprint density at radius 1 is 1.00 bits per heavy atom. The van der Waals surface area contributed by atoms with Crippen LogP contribution in [0.3, 0.4) is 0 Å². The van der Waals surface area contributed by atoms with Crippen molar-refractivity contribution in [2.75, 3.05) is 80.9 Å². The number of hydrogen-bond acceptors (Lipinski definition) is 9. The summed E-state index contributed by atoms with van der Waals surface area (Å²) in [5, 5.41) is 8.63. The molecule has 3 heterocycles. The summed E-state index contributed by atoms with van der Waals surface area (Å²) in [6, 6.07) is 13.0. The number of hydrogen-bond donors (Lipinski definition) is 3. The highest BCUT2D eigenvalue weighted by Gasteiger charge is 2.22. The summed E-state index contributed by atoms with van der Waals surface area (Å²) in [4.78, 5) is 24.1. The molecule has 3 aromatic rings. The zero-order chi connectivity index (χ0) is 30.2. The number of sulfonamides is 1. The van der Waals surface area contributed by atoms with E-state index in [2.05, 4.69) is 49.0 Å². The van der Waals surface area contributed by atoms with Gasteiger partial charge in [0.15, 0.2) is 5.13 Å². The molecule has 0 radical (unpaired) electrons. The second-order valence-corrected chi connectivity index (χ2v) is 13.9. The lowest BCUT2D eigenvalue weighted by molar-refractivity contribution is -0.117. The number of nitrogens with one attached hydrogen (secondary N) is 3. The standard InChI is InChI=1S/C31H43N7O3S2/c1-3-4-5-6-24-7-10-26(11-8-24)43(40,41)35-27-21-25(9-12-29(27)38-19-17-36(2)18-20-38)28-23-42-31(33-28)34-30(39)22-37-15-13-32-14-16-37/h7-12,21,23,32,35H,3-6,13-20,22H2,1-2H3,(H,33,34,39). The molecule has 2 saturated heterocycles. The van der Waals surface area contributed by atoms with Gasteiger partial charge in [0.2, 0.25) is 5.91 Å². The fourth-order valence-corrected chi connectivity index (χ4v) is 7.21. The summed E-state index contributed by atoms with van der Waals surface area (Å²) in [6.45, 7) is 9.37. The van der Waals surface area contributed by atoms with Crippen LogP contribution in [0.1, 0.15) is 31.7 Å². The van der Waals surface area contributed by atoms with Crippen molar-refractivity contribution < 1.29 is 13.2 Å². The summed E-state index contributed by atoms with van der Waals surface area (Å²) < 4.78 is 30.1. The number of piperazine rings is 2. The van der Waals surface area contributed by atoms with E-state index in [1.54, 1.807) is 12.1 Å². The smallest absolute Gasteiger partial charge is 0.261 e. The summed E-state index contributed by atoms with van der Waals surface area (Å²) in [5.41, 5.74) is 3.97. The fourth-order valence-electron chi connectivity index (χ4n) is 5.41. The number of thiazole rings is 1. The number of carbonyl (C=O) groups is 1. The average Bonchev–Trinajstić information content (AvgIpc) is 3.47. The van der Waals surface area contributed by atoms with Crippen molar-refractivity contribution in [1.29, 1.82) is 0 Å². The largest absolute Gasteiger partial charge is 0.367 e. The van der Waals surface area contributed by atoms with Crippen LogP contribution in [0.15, 0.2) is 52.7 Å². The second kappa shape index (κ2) is 14.6. The molecular formula is C31H43N7O3S2. The molecule has 0 aliphatic carbocycles. The van der Waals surface area contributed by atoms with E-state index in [-0.39, 0.29) is 10.8 Å². The van der Waals surface area contributed by atoms with Crippen molar-refractivity contribution in [2.45, 2.75) is 37.5 Å².